The molecule has 302 valence electrons. The van der Waals surface area contributed by atoms with Gasteiger partial charge in [0.1, 0.15) is 23.7 Å². The van der Waals surface area contributed by atoms with Gasteiger partial charge in [-0.05, 0) is 86.3 Å². The molecule has 8 rings (SSSR count). The number of aromatic amines is 2. The van der Waals surface area contributed by atoms with Gasteiger partial charge in [0.05, 0.1) is 38.2 Å². The number of methoxy groups -OCH3 is 2. The van der Waals surface area contributed by atoms with E-state index in [4.69, 9.17) is 19.4 Å². The molecule has 14 nitrogen and oxygen atoms in total. The van der Waals surface area contributed by atoms with Crippen LogP contribution in [0.2, 0.25) is 0 Å². The van der Waals surface area contributed by atoms with Crippen LogP contribution in [-0.4, -0.2) is 75.6 Å². The monoisotopic (exact) mass is 778 g/mol. The van der Waals surface area contributed by atoms with Crippen LogP contribution in [0.3, 0.4) is 0 Å². The van der Waals surface area contributed by atoms with Crippen molar-refractivity contribution in [2.24, 2.45) is 5.92 Å². The van der Waals surface area contributed by atoms with Crippen molar-refractivity contribution in [3.05, 3.63) is 95.5 Å². The summed E-state index contributed by atoms with van der Waals surface area (Å²) in [7, 11) is 2.57. The van der Waals surface area contributed by atoms with Crippen LogP contribution in [0.4, 0.5) is 9.59 Å². The number of hydrogen-bond acceptors (Lipinski definition) is 8. The Hall–Kier alpha value is -5.66. The Morgan fingerprint density at radius 3 is 2.09 bits per heavy atom. The van der Waals surface area contributed by atoms with Crippen molar-refractivity contribution in [2.75, 3.05) is 20.8 Å². The molecule has 4 aromatic rings. The Labute approximate surface area is 333 Å². The molecule has 3 saturated carbocycles. The number of carbonyl (C=O) groups is 4. The molecule has 5 N–H and O–H groups in total. The maximum absolute atomic E-state index is 13.9. The molecule has 0 spiro atoms. The van der Waals surface area contributed by atoms with Crippen molar-refractivity contribution >= 4 is 24.0 Å². The number of ether oxygens (including phenoxy) is 2. The van der Waals surface area contributed by atoms with E-state index in [2.05, 4.69) is 50.2 Å². The first-order valence-electron chi connectivity index (χ1n) is 20.0. The predicted molar refractivity (Wildman–Crippen MR) is 213 cm³/mol. The van der Waals surface area contributed by atoms with Gasteiger partial charge in [0.15, 0.2) is 0 Å². The molecule has 0 unspecified atom stereocenters. The number of amides is 4. The summed E-state index contributed by atoms with van der Waals surface area (Å²) in [6.07, 6.45) is 10.5. The topological polar surface area (TPSA) is 183 Å². The Bertz CT molecular complexity index is 2040. The van der Waals surface area contributed by atoms with Crippen molar-refractivity contribution in [2.45, 2.75) is 107 Å². The summed E-state index contributed by atoms with van der Waals surface area (Å²) in [5.74, 6) is 0.833. The van der Waals surface area contributed by atoms with Gasteiger partial charge in [-0.2, -0.15) is 0 Å². The van der Waals surface area contributed by atoms with E-state index < -0.39 is 24.3 Å². The van der Waals surface area contributed by atoms with Gasteiger partial charge in [-0.1, -0.05) is 68.4 Å². The summed E-state index contributed by atoms with van der Waals surface area (Å²) < 4.78 is 9.54. The van der Waals surface area contributed by atoms with Gasteiger partial charge in [0.25, 0.3) is 5.91 Å². The lowest BCUT2D eigenvalue weighted by Gasteiger charge is -2.53. The van der Waals surface area contributed by atoms with Crippen molar-refractivity contribution in [3.8, 4) is 11.3 Å². The number of likely N-dealkylation sites (tertiary alicyclic amines) is 1. The smallest absolute Gasteiger partial charge is 0.407 e. The zero-order valence-electron chi connectivity index (χ0n) is 33.4. The first-order valence-corrected chi connectivity index (χ1v) is 20.0. The molecule has 2 bridgehead atoms. The van der Waals surface area contributed by atoms with Crippen molar-refractivity contribution in [3.63, 3.8) is 0 Å². The average Bonchev–Trinajstić information content (AvgIpc) is 4.05. The fraction of sp³-hybridized carbons (Fsp3) is 0.488. The molecule has 14 heteroatoms. The number of benzene rings is 2. The third kappa shape index (κ3) is 7.99. The number of hydrogen-bond donors (Lipinski definition) is 5. The quantitative estimate of drug-likeness (QED) is 0.106. The van der Waals surface area contributed by atoms with E-state index in [0.717, 1.165) is 74.1 Å². The molecule has 4 amide bonds. The van der Waals surface area contributed by atoms with Gasteiger partial charge in [-0.3, -0.25) is 9.59 Å². The lowest BCUT2D eigenvalue weighted by atomic mass is 9.51. The number of aromatic nitrogens is 4. The van der Waals surface area contributed by atoms with Crippen LogP contribution >= 0.6 is 0 Å². The first kappa shape index (κ1) is 39.6. The zero-order chi connectivity index (χ0) is 40.3. The normalized spacial score (nSPS) is 23.1. The average molecular weight is 779 g/mol. The van der Waals surface area contributed by atoms with Crippen molar-refractivity contribution in [1.29, 1.82) is 0 Å². The highest BCUT2D eigenvalue weighted by Gasteiger charge is 2.51. The minimum atomic E-state index is -0.868. The van der Waals surface area contributed by atoms with E-state index in [-0.39, 0.29) is 40.6 Å². The third-order valence-electron chi connectivity index (χ3n) is 12.7. The van der Waals surface area contributed by atoms with Crippen LogP contribution in [0.15, 0.2) is 67.0 Å². The van der Waals surface area contributed by atoms with Crippen LogP contribution in [-0.2, 0) is 29.9 Å². The third-order valence-corrected chi connectivity index (χ3v) is 12.7. The lowest BCUT2D eigenvalue weighted by Crippen LogP contribution is -2.50. The number of imidazole rings is 2. The summed E-state index contributed by atoms with van der Waals surface area (Å²) in [4.78, 5) is 69.3. The lowest BCUT2D eigenvalue weighted by molar-refractivity contribution is -0.134. The van der Waals surface area contributed by atoms with Gasteiger partial charge < -0.3 is 40.3 Å². The standard InChI is InChI=1S/C43H54N8O6/c1-26(2)34(49-40(54)56-4)38(52)46-27(3)36-45-25-33(48-36)43-20-17-42(18-21-43,19-22-43)30-15-13-28(14-16-30)31-24-44-37(47-31)32-12-9-23-51(32)39(53)35(50-41(55)57-5)29-10-7-6-8-11-29/h6-8,10-11,13-16,24-27,32,34-35H,9,12,17-23H2,1-5H3,(H,44,47)(H,45,48)(H,46,52)(H,49,54)(H,50,55)/t27-,32-,34-,35+,42?,43?/m0/s1. The zero-order valence-corrected chi connectivity index (χ0v) is 33.4. The fourth-order valence-electron chi connectivity index (χ4n) is 9.19. The molecule has 1 aliphatic heterocycles. The number of fused-ring (bicyclic) bond motifs is 3. The van der Waals surface area contributed by atoms with Gasteiger partial charge in [-0.25, -0.2) is 19.6 Å². The van der Waals surface area contributed by atoms with Crippen molar-refractivity contribution in [1.82, 2.24) is 40.8 Å². The first-order chi connectivity index (χ1) is 27.5. The maximum atomic E-state index is 13.9. The molecule has 4 fully saturated rings. The number of carbonyl (C=O) groups excluding carboxylic acids is 4. The summed E-state index contributed by atoms with van der Waals surface area (Å²) in [5, 5.41) is 8.36. The van der Waals surface area contributed by atoms with Crippen LogP contribution in [0.5, 0.6) is 0 Å². The molecular formula is C43H54N8O6. The van der Waals surface area contributed by atoms with Crippen molar-refractivity contribution < 1.29 is 28.7 Å². The molecular weight excluding hydrogens is 725 g/mol. The second kappa shape index (κ2) is 16.4. The van der Waals surface area contributed by atoms with Crippen LogP contribution in [0.1, 0.15) is 119 Å². The van der Waals surface area contributed by atoms with E-state index in [0.29, 0.717) is 17.9 Å². The molecule has 57 heavy (non-hydrogen) atoms. The summed E-state index contributed by atoms with van der Waals surface area (Å²) in [6, 6.07) is 15.9. The highest BCUT2D eigenvalue weighted by atomic mass is 16.5. The highest BCUT2D eigenvalue weighted by molar-refractivity contribution is 5.87. The fourth-order valence-corrected chi connectivity index (χ4v) is 9.19. The van der Waals surface area contributed by atoms with Gasteiger partial charge in [0.2, 0.25) is 5.91 Å². The second-order valence-corrected chi connectivity index (χ2v) is 16.3. The molecule has 4 atom stereocenters. The number of nitrogens with one attached hydrogen (secondary N) is 5. The summed E-state index contributed by atoms with van der Waals surface area (Å²) in [5.41, 5.74) is 5.26. The van der Waals surface area contributed by atoms with E-state index in [1.165, 1.54) is 19.8 Å². The Kier molecular flexibility index (Phi) is 11.4. The summed E-state index contributed by atoms with van der Waals surface area (Å²) >= 11 is 0. The molecule has 1 saturated heterocycles. The molecule has 2 aromatic carbocycles. The van der Waals surface area contributed by atoms with Crippen LogP contribution in [0, 0.1) is 5.92 Å². The SMILES string of the molecule is COC(=O)N[C@H](C(=O)N[C@@H](C)c1ncc(C23CCC(c4ccc(-c5cnc([C@@H]6CCCN6C(=O)[C@H](NC(=O)OC)c6ccccc6)[nH]5)cc4)(CC2)CC3)[nH]1)C(C)C. The van der Waals surface area contributed by atoms with Gasteiger partial charge in [0, 0.05) is 23.9 Å². The number of H-pyrrole nitrogens is 2. The predicted octanol–water partition coefficient (Wildman–Crippen LogP) is 6.66. The second-order valence-electron chi connectivity index (χ2n) is 16.3. The van der Waals surface area contributed by atoms with E-state index >= 15 is 0 Å². The Morgan fingerprint density at radius 2 is 1.44 bits per heavy atom. The number of nitrogens with zero attached hydrogens (tertiary/aromatic N) is 3. The van der Waals surface area contributed by atoms with E-state index in [9.17, 15) is 19.2 Å². The molecule has 0 radical (unpaired) electrons. The van der Waals surface area contributed by atoms with Gasteiger partial charge in [-0.15, -0.1) is 0 Å². The maximum Gasteiger partial charge on any atom is 0.407 e. The Morgan fingerprint density at radius 1 is 0.789 bits per heavy atom. The van der Waals surface area contributed by atoms with Gasteiger partial charge >= 0.3 is 12.2 Å². The largest absolute Gasteiger partial charge is 0.453 e. The highest BCUT2D eigenvalue weighted by Crippen LogP contribution is 2.58. The molecule has 2 aromatic heterocycles. The van der Waals surface area contributed by atoms with E-state index in [1.54, 1.807) is 0 Å². The van der Waals surface area contributed by atoms with Crippen LogP contribution < -0.4 is 16.0 Å². The minimum absolute atomic E-state index is 0.0296. The molecule has 4 aliphatic rings. The van der Waals surface area contributed by atoms with E-state index in [1.807, 2.05) is 68.4 Å². The molecule has 3 aliphatic carbocycles. The Balaban J connectivity index is 0.984. The number of rotatable bonds is 12. The summed E-state index contributed by atoms with van der Waals surface area (Å²) in [6.45, 7) is 6.21. The van der Waals surface area contributed by atoms with Crippen LogP contribution in [0.25, 0.3) is 11.3 Å². The molecule has 3 heterocycles. The number of alkyl carbamates (subject to hydrolysis) is 2. The minimum Gasteiger partial charge on any atom is -0.453 e.